The van der Waals surface area contributed by atoms with E-state index in [-0.39, 0.29) is 23.9 Å². The zero-order valence-electron chi connectivity index (χ0n) is 20.1. The lowest BCUT2D eigenvalue weighted by Gasteiger charge is -2.17. The Labute approximate surface area is 212 Å². The summed E-state index contributed by atoms with van der Waals surface area (Å²) in [6, 6.07) is 19.3. The van der Waals surface area contributed by atoms with Crippen LogP contribution in [-0.2, 0) is 6.61 Å². The maximum atomic E-state index is 13.5. The van der Waals surface area contributed by atoms with Crippen molar-refractivity contribution in [1.29, 1.82) is 0 Å². The van der Waals surface area contributed by atoms with Crippen molar-refractivity contribution in [3.8, 4) is 17.2 Å². The fourth-order valence-corrected chi connectivity index (χ4v) is 4.84. The summed E-state index contributed by atoms with van der Waals surface area (Å²) in [5.74, 6) is 1.22. The molecule has 0 unspecified atom stereocenters. The molecule has 0 spiro atoms. The van der Waals surface area contributed by atoms with Crippen LogP contribution >= 0.6 is 11.8 Å². The number of nitrogens with zero attached hydrogens (tertiary/aromatic N) is 4. The molecule has 0 fully saturated rings. The molecule has 3 aromatic carbocycles. The summed E-state index contributed by atoms with van der Waals surface area (Å²) in [6.45, 7) is 3.67. The van der Waals surface area contributed by atoms with Gasteiger partial charge in [-0.3, -0.25) is 14.7 Å². The van der Waals surface area contributed by atoms with Crippen molar-refractivity contribution >= 4 is 11.8 Å². The van der Waals surface area contributed by atoms with E-state index in [1.165, 1.54) is 31.0 Å². The summed E-state index contributed by atoms with van der Waals surface area (Å²) in [5, 5.41) is 20.0. The number of hydrogen-bond acceptors (Lipinski definition) is 7. The van der Waals surface area contributed by atoms with Crippen LogP contribution in [0.1, 0.15) is 27.8 Å². The zero-order valence-corrected chi connectivity index (χ0v) is 20.9. The minimum Gasteiger partial charge on any atom is -0.493 e. The molecule has 1 atom stereocenters. The second kappa shape index (κ2) is 11.2. The van der Waals surface area contributed by atoms with Gasteiger partial charge in [0.1, 0.15) is 23.5 Å². The fraction of sp³-hybridized carbons (Fsp3) is 0.231. The van der Waals surface area contributed by atoms with Crippen molar-refractivity contribution in [3.05, 3.63) is 105 Å². The second-order valence-corrected chi connectivity index (χ2v) is 9.32. The van der Waals surface area contributed by atoms with Gasteiger partial charge >= 0.3 is 0 Å². The molecule has 1 aromatic heterocycles. The maximum Gasteiger partial charge on any atom is 0.220 e. The van der Waals surface area contributed by atoms with Crippen molar-refractivity contribution in [2.24, 2.45) is 0 Å². The molecular weight excluding hydrogens is 483 g/mol. The van der Waals surface area contributed by atoms with E-state index in [1.54, 1.807) is 30.3 Å². The van der Waals surface area contributed by atoms with Gasteiger partial charge in [-0.25, -0.2) is 4.39 Å². The average Bonchev–Trinajstić information content (AvgIpc) is 3.22. The van der Waals surface area contributed by atoms with E-state index in [2.05, 4.69) is 10.2 Å². The third kappa shape index (κ3) is 6.01. The lowest BCUT2D eigenvalue weighted by atomic mass is 10.1. The maximum absolute atomic E-state index is 13.5. The highest BCUT2D eigenvalue weighted by molar-refractivity contribution is 7.99. The summed E-state index contributed by atoms with van der Waals surface area (Å²) in [7, 11) is 1.50. The number of benzene rings is 3. The first-order valence-corrected chi connectivity index (χ1v) is 12.0. The van der Waals surface area contributed by atoms with Crippen LogP contribution in [0.2, 0.25) is 0 Å². The topological polar surface area (TPSA) is 92.3 Å². The molecule has 1 heterocycles. The van der Waals surface area contributed by atoms with Gasteiger partial charge in [-0.05, 0) is 61.4 Å². The van der Waals surface area contributed by atoms with E-state index < -0.39 is 5.25 Å². The fourth-order valence-electron chi connectivity index (χ4n) is 3.68. The monoisotopic (exact) mass is 508 g/mol. The van der Waals surface area contributed by atoms with Crippen LogP contribution in [0.4, 0.5) is 4.39 Å². The molecule has 10 heteroatoms. The summed E-state index contributed by atoms with van der Waals surface area (Å²) in [5.41, 5.74) is 3.36. The predicted octanol–water partition coefficient (Wildman–Crippen LogP) is 5.72. The molecule has 186 valence electrons. The van der Waals surface area contributed by atoms with Gasteiger partial charge in [0.05, 0.1) is 7.11 Å². The Kier molecular flexibility index (Phi) is 7.84. The van der Waals surface area contributed by atoms with E-state index in [1.807, 2.05) is 42.7 Å². The molecule has 0 aliphatic carbocycles. The largest absolute Gasteiger partial charge is 0.493 e. The SMILES string of the molecule is COc1cc([C@@H](C[N+](=O)[O-])Sc2nnc(C)n2-c2ccc(C)cc2)ccc1OCc1cccc(F)c1. The number of ether oxygens (including phenoxy) is 2. The molecular formula is C26H25FN4O4S. The Morgan fingerprint density at radius 3 is 2.53 bits per heavy atom. The number of hydrogen-bond donors (Lipinski definition) is 0. The molecule has 0 amide bonds. The van der Waals surface area contributed by atoms with Crippen molar-refractivity contribution in [2.45, 2.75) is 30.9 Å². The quantitative estimate of drug-likeness (QED) is 0.154. The molecule has 36 heavy (non-hydrogen) atoms. The number of thioether (sulfide) groups is 1. The van der Waals surface area contributed by atoms with Crippen molar-refractivity contribution in [3.63, 3.8) is 0 Å². The standard InChI is InChI=1S/C26H25FN4O4S/c1-17-7-10-22(11-8-17)31-18(2)28-29-26(31)36-25(15-30(32)33)20-9-12-23(24(14-20)34-3)35-16-19-5-4-6-21(27)13-19/h4-14,25H,15-16H2,1-3H3/t25-/m1/s1. The second-order valence-electron chi connectivity index (χ2n) is 8.15. The van der Waals surface area contributed by atoms with E-state index >= 15 is 0 Å². The number of aryl methyl sites for hydroxylation is 2. The minimum absolute atomic E-state index is 0.152. The third-order valence-corrected chi connectivity index (χ3v) is 6.67. The van der Waals surface area contributed by atoms with Crippen molar-refractivity contribution in [2.75, 3.05) is 13.7 Å². The molecule has 4 rings (SSSR count). The lowest BCUT2D eigenvalue weighted by Crippen LogP contribution is -2.11. The molecule has 0 N–H and O–H groups in total. The minimum atomic E-state index is -0.557. The molecule has 8 nitrogen and oxygen atoms in total. The zero-order chi connectivity index (χ0) is 25.7. The van der Waals surface area contributed by atoms with E-state index in [4.69, 9.17) is 9.47 Å². The number of aromatic nitrogens is 3. The molecule has 0 aliphatic heterocycles. The normalized spacial score (nSPS) is 11.8. The summed E-state index contributed by atoms with van der Waals surface area (Å²) < 4.78 is 26.7. The number of methoxy groups -OCH3 is 1. The van der Waals surface area contributed by atoms with Gasteiger partial charge in [0.15, 0.2) is 16.7 Å². The molecule has 0 aliphatic rings. The van der Waals surface area contributed by atoms with Crippen LogP contribution in [0.3, 0.4) is 0 Å². The van der Waals surface area contributed by atoms with Gasteiger partial charge in [-0.15, -0.1) is 10.2 Å². The van der Waals surface area contributed by atoms with Crippen LogP contribution in [-0.4, -0.2) is 33.3 Å². The average molecular weight is 509 g/mol. The highest BCUT2D eigenvalue weighted by Crippen LogP contribution is 2.39. The smallest absolute Gasteiger partial charge is 0.220 e. The van der Waals surface area contributed by atoms with Gasteiger partial charge < -0.3 is 9.47 Å². The van der Waals surface area contributed by atoms with Gasteiger partial charge in [0.2, 0.25) is 6.54 Å². The Morgan fingerprint density at radius 1 is 1.06 bits per heavy atom. The molecule has 0 saturated carbocycles. The Bertz CT molecular complexity index is 1360. The first-order chi connectivity index (χ1) is 17.3. The lowest BCUT2D eigenvalue weighted by molar-refractivity contribution is -0.479. The number of nitro groups is 1. The van der Waals surface area contributed by atoms with Crippen LogP contribution in [0.5, 0.6) is 11.5 Å². The van der Waals surface area contributed by atoms with Gasteiger partial charge in [-0.1, -0.05) is 47.7 Å². The highest BCUT2D eigenvalue weighted by Gasteiger charge is 2.25. The first-order valence-electron chi connectivity index (χ1n) is 11.2. The summed E-state index contributed by atoms with van der Waals surface area (Å²) >= 11 is 1.26. The van der Waals surface area contributed by atoms with Crippen molar-refractivity contribution < 1.29 is 18.8 Å². The Balaban J connectivity index is 1.60. The summed E-state index contributed by atoms with van der Waals surface area (Å²) in [6.07, 6.45) is 0. The van der Waals surface area contributed by atoms with E-state index in [9.17, 15) is 14.5 Å². The predicted molar refractivity (Wildman–Crippen MR) is 135 cm³/mol. The molecule has 0 bridgehead atoms. The highest BCUT2D eigenvalue weighted by atomic mass is 32.2. The van der Waals surface area contributed by atoms with Gasteiger partial charge in [0, 0.05) is 10.6 Å². The van der Waals surface area contributed by atoms with Crippen molar-refractivity contribution in [1.82, 2.24) is 14.8 Å². The third-order valence-electron chi connectivity index (χ3n) is 5.49. The molecule has 4 aromatic rings. The molecule has 0 radical (unpaired) electrons. The van der Waals surface area contributed by atoms with Crippen LogP contribution < -0.4 is 9.47 Å². The van der Waals surface area contributed by atoms with Crippen LogP contribution in [0.15, 0.2) is 71.9 Å². The number of rotatable bonds is 10. The number of halogens is 1. The van der Waals surface area contributed by atoms with Crippen LogP contribution in [0.25, 0.3) is 5.69 Å². The molecule has 0 saturated heterocycles. The Hall–Kier alpha value is -3.92. The van der Waals surface area contributed by atoms with Gasteiger partial charge in [0.25, 0.3) is 0 Å². The first kappa shape index (κ1) is 25.2. The van der Waals surface area contributed by atoms with E-state index in [0.717, 1.165) is 11.3 Å². The summed E-state index contributed by atoms with van der Waals surface area (Å²) in [4.78, 5) is 11.2. The van der Waals surface area contributed by atoms with E-state index in [0.29, 0.717) is 33.6 Å². The van der Waals surface area contributed by atoms with Gasteiger partial charge in [-0.2, -0.15) is 0 Å². The van der Waals surface area contributed by atoms with Crippen LogP contribution in [0, 0.1) is 29.8 Å². The Morgan fingerprint density at radius 2 is 1.83 bits per heavy atom.